The van der Waals surface area contributed by atoms with Crippen molar-refractivity contribution in [2.75, 3.05) is 6.61 Å². The van der Waals surface area contributed by atoms with Gasteiger partial charge in [-0.3, -0.25) is 0 Å². The summed E-state index contributed by atoms with van der Waals surface area (Å²) in [6.07, 6.45) is 1.54. The monoisotopic (exact) mass is 261 g/mol. The lowest BCUT2D eigenvalue weighted by Crippen LogP contribution is -2.41. The van der Waals surface area contributed by atoms with E-state index in [2.05, 4.69) is 10.0 Å². The first-order valence-corrected chi connectivity index (χ1v) is 5.97. The van der Waals surface area contributed by atoms with Crippen LogP contribution in [0.1, 0.15) is 5.56 Å². The van der Waals surface area contributed by atoms with E-state index in [1.807, 2.05) is 30.3 Å². The van der Waals surface area contributed by atoms with Crippen molar-refractivity contribution < 1.29 is 14.6 Å². The van der Waals surface area contributed by atoms with E-state index in [1.165, 1.54) is 12.3 Å². The summed E-state index contributed by atoms with van der Waals surface area (Å²) in [5, 5.41) is 13.4. The zero-order valence-electron chi connectivity index (χ0n) is 10.3. The maximum absolute atomic E-state index is 9.94. The number of rotatable bonds is 5. The summed E-state index contributed by atoms with van der Waals surface area (Å²) in [5.74, 6) is 0. The Morgan fingerprint density at radius 2 is 2.16 bits per heavy atom. The van der Waals surface area contributed by atoms with Crippen LogP contribution in [0.2, 0.25) is 0 Å². The number of azide groups is 1. The summed E-state index contributed by atoms with van der Waals surface area (Å²) in [6.45, 7) is 0.682. The van der Waals surface area contributed by atoms with Crippen LogP contribution in [0.15, 0.2) is 47.8 Å². The van der Waals surface area contributed by atoms with Gasteiger partial charge in [-0.15, -0.1) is 0 Å². The molecule has 19 heavy (non-hydrogen) atoms. The molecule has 1 aromatic carbocycles. The fraction of sp³-hybridized carbons (Fsp3) is 0.385. The molecular formula is C13H15N3O3. The zero-order valence-corrected chi connectivity index (χ0v) is 10.3. The van der Waals surface area contributed by atoms with Gasteiger partial charge in [0.1, 0.15) is 12.2 Å². The molecule has 100 valence electrons. The van der Waals surface area contributed by atoms with Crippen LogP contribution in [0.3, 0.4) is 0 Å². The minimum Gasteiger partial charge on any atom is -0.493 e. The molecule has 0 aliphatic carbocycles. The Morgan fingerprint density at radius 3 is 2.89 bits per heavy atom. The maximum Gasteiger partial charge on any atom is 0.147 e. The summed E-state index contributed by atoms with van der Waals surface area (Å²) < 4.78 is 10.8. The van der Waals surface area contributed by atoms with Crippen LogP contribution in [-0.4, -0.2) is 30.0 Å². The topological polar surface area (TPSA) is 87.5 Å². The predicted molar refractivity (Wildman–Crippen MR) is 69.1 cm³/mol. The number of aliphatic hydroxyl groups excluding tert-OH is 1. The molecule has 1 heterocycles. The molecule has 0 saturated carbocycles. The van der Waals surface area contributed by atoms with Crippen molar-refractivity contribution in [2.24, 2.45) is 5.11 Å². The molecule has 0 radical (unpaired) electrons. The van der Waals surface area contributed by atoms with Crippen LogP contribution in [0.4, 0.5) is 0 Å². The summed E-state index contributed by atoms with van der Waals surface area (Å²) in [6, 6.07) is 9.12. The van der Waals surface area contributed by atoms with Crippen molar-refractivity contribution in [3.63, 3.8) is 0 Å². The summed E-state index contributed by atoms with van der Waals surface area (Å²) in [4.78, 5) is 2.69. The van der Waals surface area contributed by atoms with Gasteiger partial charge >= 0.3 is 0 Å². The SMILES string of the molecule is [N-]=[N+]=N[C@@H]1C=CO[C@H](COCc2ccccc2)[C@@H]1O. The molecule has 0 fully saturated rings. The average molecular weight is 261 g/mol. The Morgan fingerprint density at radius 1 is 1.37 bits per heavy atom. The van der Waals surface area contributed by atoms with Crippen molar-refractivity contribution in [3.8, 4) is 0 Å². The molecule has 0 spiro atoms. The van der Waals surface area contributed by atoms with E-state index in [4.69, 9.17) is 15.0 Å². The minimum atomic E-state index is -0.892. The second kappa shape index (κ2) is 6.80. The molecule has 1 aromatic rings. The first-order valence-electron chi connectivity index (χ1n) is 5.97. The van der Waals surface area contributed by atoms with Gasteiger partial charge < -0.3 is 14.6 Å². The Labute approximate surface area is 110 Å². The number of benzene rings is 1. The average Bonchev–Trinajstić information content (AvgIpc) is 2.44. The smallest absolute Gasteiger partial charge is 0.147 e. The van der Waals surface area contributed by atoms with Crippen molar-refractivity contribution in [2.45, 2.75) is 24.9 Å². The van der Waals surface area contributed by atoms with E-state index in [0.29, 0.717) is 6.61 Å². The summed E-state index contributed by atoms with van der Waals surface area (Å²) in [7, 11) is 0. The van der Waals surface area contributed by atoms with E-state index in [9.17, 15) is 5.11 Å². The number of ether oxygens (including phenoxy) is 2. The molecule has 1 aliphatic heterocycles. The highest BCUT2D eigenvalue weighted by Crippen LogP contribution is 2.16. The van der Waals surface area contributed by atoms with Gasteiger partial charge in [-0.05, 0) is 17.2 Å². The van der Waals surface area contributed by atoms with E-state index in [-0.39, 0.29) is 6.61 Å². The van der Waals surface area contributed by atoms with E-state index in [1.54, 1.807) is 0 Å². The van der Waals surface area contributed by atoms with Gasteiger partial charge in [-0.25, -0.2) is 0 Å². The van der Waals surface area contributed by atoms with Crippen molar-refractivity contribution in [1.82, 2.24) is 0 Å². The third-order valence-corrected chi connectivity index (χ3v) is 2.84. The summed E-state index contributed by atoms with van der Waals surface area (Å²) >= 11 is 0. The van der Waals surface area contributed by atoms with Gasteiger partial charge in [0.05, 0.1) is 25.5 Å². The van der Waals surface area contributed by atoms with Gasteiger partial charge in [-0.1, -0.05) is 35.4 Å². The van der Waals surface area contributed by atoms with Crippen LogP contribution in [0, 0.1) is 0 Å². The van der Waals surface area contributed by atoms with E-state index in [0.717, 1.165) is 5.56 Å². The van der Waals surface area contributed by atoms with Gasteiger partial charge in [-0.2, -0.15) is 0 Å². The van der Waals surface area contributed by atoms with Gasteiger partial charge in [0.25, 0.3) is 0 Å². The molecule has 0 saturated heterocycles. The molecule has 6 nitrogen and oxygen atoms in total. The van der Waals surface area contributed by atoms with E-state index < -0.39 is 18.2 Å². The van der Waals surface area contributed by atoms with Crippen LogP contribution in [0.25, 0.3) is 10.4 Å². The minimum absolute atomic E-state index is 0.234. The third-order valence-electron chi connectivity index (χ3n) is 2.84. The molecule has 1 aliphatic rings. The van der Waals surface area contributed by atoms with Crippen molar-refractivity contribution in [1.29, 1.82) is 0 Å². The van der Waals surface area contributed by atoms with Gasteiger partial charge in [0.15, 0.2) is 0 Å². The fourth-order valence-electron chi connectivity index (χ4n) is 1.81. The molecule has 1 N–H and O–H groups in total. The molecule has 0 unspecified atom stereocenters. The second-order valence-corrected chi connectivity index (χ2v) is 4.19. The number of hydrogen-bond acceptors (Lipinski definition) is 4. The fourth-order valence-corrected chi connectivity index (χ4v) is 1.81. The predicted octanol–water partition coefficient (Wildman–Crippen LogP) is 2.16. The maximum atomic E-state index is 9.94. The molecule has 6 heteroatoms. The number of hydrogen-bond donors (Lipinski definition) is 1. The number of aliphatic hydroxyl groups is 1. The Balaban J connectivity index is 1.83. The van der Waals surface area contributed by atoms with Crippen LogP contribution in [-0.2, 0) is 16.1 Å². The van der Waals surface area contributed by atoms with Crippen LogP contribution in [0.5, 0.6) is 0 Å². The first kappa shape index (κ1) is 13.4. The molecule has 0 aromatic heterocycles. The zero-order chi connectivity index (χ0) is 13.5. The third kappa shape index (κ3) is 3.72. The standard InChI is InChI=1S/C13H15N3O3/c14-16-15-11-6-7-19-12(13(11)17)9-18-8-10-4-2-1-3-5-10/h1-7,11-13,17H,8-9H2/t11-,12-,13-/m1/s1. The summed E-state index contributed by atoms with van der Waals surface area (Å²) in [5.41, 5.74) is 9.44. The quantitative estimate of drug-likeness (QED) is 0.500. The molecule has 2 rings (SSSR count). The van der Waals surface area contributed by atoms with Crippen LogP contribution >= 0.6 is 0 Å². The van der Waals surface area contributed by atoms with Crippen molar-refractivity contribution in [3.05, 3.63) is 58.7 Å². The molecule has 0 bridgehead atoms. The molecule has 0 amide bonds. The van der Waals surface area contributed by atoms with Crippen molar-refractivity contribution >= 4 is 0 Å². The second-order valence-electron chi connectivity index (χ2n) is 4.19. The lowest BCUT2D eigenvalue weighted by atomic mass is 10.1. The molecular weight excluding hydrogens is 246 g/mol. The lowest BCUT2D eigenvalue weighted by molar-refractivity contribution is -0.0615. The number of nitrogens with zero attached hydrogens (tertiary/aromatic N) is 3. The largest absolute Gasteiger partial charge is 0.493 e. The molecule has 3 atom stereocenters. The van der Waals surface area contributed by atoms with Gasteiger partial charge in [0.2, 0.25) is 0 Å². The first-order chi connectivity index (χ1) is 9.31. The van der Waals surface area contributed by atoms with Gasteiger partial charge in [0, 0.05) is 4.91 Å². The van der Waals surface area contributed by atoms with Crippen LogP contribution < -0.4 is 0 Å². The highest BCUT2D eigenvalue weighted by molar-refractivity contribution is 5.13. The normalized spacial score (nSPS) is 25.4. The van der Waals surface area contributed by atoms with E-state index >= 15 is 0 Å². The Hall–Kier alpha value is -2.01. The lowest BCUT2D eigenvalue weighted by Gasteiger charge is -2.28. The highest BCUT2D eigenvalue weighted by atomic mass is 16.5. The highest BCUT2D eigenvalue weighted by Gasteiger charge is 2.29. The Kier molecular flexibility index (Phi) is 4.80. The Bertz CT molecular complexity index is 471.